The maximum atomic E-state index is 6.41. The van der Waals surface area contributed by atoms with E-state index in [9.17, 15) is 0 Å². The average Bonchev–Trinajstić information content (AvgIpc) is 2.63. The topological polar surface area (TPSA) is 0 Å². The van der Waals surface area contributed by atoms with Crippen molar-refractivity contribution in [3.8, 4) is 0 Å². The lowest BCUT2D eigenvalue weighted by molar-refractivity contribution is 0.189. The van der Waals surface area contributed by atoms with Gasteiger partial charge < -0.3 is 0 Å². The summed E-state index contributed by atoms with van der Waals surface area (Å²) < 4.78 is -1.22. The second kappa shape index (κ2) is 4.65. The summed E-state index contributed by atoms with van der Waals surface area (Å²) in [6.45, 7) is 0. The lowest BCUT2D eigenvalue weighted by Gasteiger charge is -2.43. The third kappa shape index (κ3) is 1.53. The molecule has 0 radical (unpaired) electrons. The van der Waals surface area contributed by atoms with Crippen LogP contribution in [0.5, 0.6) is 0 Å². The predicted octanol–water partition coefficient (Wildman–Crippen LogP) is 5.22. The Balaban J connectivity index is 2.68. The van der Waals surface area contributed by atoms with Crippen LogP contribution in [0.1, 0.15) is 0 Å². The highest BCUT2D eigenvalue weighted by Crippen LogP contribution is 2.74. The maximum absolute atomic E-state index is 6.41. The van der Waals surface area contributed by atoms with Crippen LogP contribution in [0.25, 0.3) is 0 Å². The van der Waals surface area contributed by atoms with Gasteiger partial charge in [-0.3, -0.25) is 0 Å². The minimum atomic E-state index is -1.22. The summed E-state index contributed by atoms with van der Waals surface area (Å²) in [5.41, 5.74) is -1.38. The molecule has 0 nitrogen and oxygen atoms in total. The summed E-state index contributed by atoms with van der Waals surface area (Å²) in [6.07, 6.45) is 1.79. The van der Waals surface area contributed by atoms with E-state index in [0.717, 1.165) is 0 Å². The van der Waals surface area contributed by atoms with E-state index in [-0.39, 0.29) is 23.6 Å². The first-order chi connectivity index (χ1) is 7.84. The van der Waals surface area contributed by atoms with E-state index in [1.54, 1.807) is 6.08 Å². The number of alkyl halides is 6. The third-order valence-corrected chi connectivity index (χ3v) is 7.75. The molecule has 3 atom stereocenters. The van der Waals surface area contributed by atoms with Gasteiger partial charge in [0.05, 0.1) is 5.38 Å². The number of fused-ring (bicyclic) bond motifs is 2. The van der Waals surface area contributed by atoms with Crippen molar-refractivity contribution in [3.63, 3.8) is 0 Å². The molecule has 0 unspecified atom stereocenters. The van der Waals surface area contributed by atoms with Crippen LogP contribution in [-0.2, 0) is 0 Å². The zero-order valence-electron chi connectivity index (χ0n) is 8.50. The van der Waals surface area contributed by atoms with E-state index in [1.807, 2.05) is 0 Å². The van der Waals surface area contributed by atoms with Crippen LogP contribution in [0.4, 0.5) is 0 Å². The molecule has 0 aromatic carbocycles. The van der Waals surface area contributed by atoms with Crippen LogP contribution in [0, 0.1) is 16.7 Å². The number of halogens is 7. The van der Waals surface area contributed by atoms with E-state index >= 15 is 0 Å². The van der Waals surface area contributed by atoms with E-state index in [2.05, 4.69) is 0 Å². The fraction of sp³-hybridized carbons (Fsp3) is 0.800. The molecule has 98 valence electrons. The SMILES string of the molecule is ClCC1(CCl)[C@@H]2C(Cl)=C[C@@]1(CCl)C(Cl)(Cl)[C@@H]2Cl. The summed E-state index contributed by atoms with van der Waals surface area (Å²) in [5, 5.41) is 0.0449. The summed E-state index contributed by atoms with van der Waals surface area (Å²) in [6, 6.07) is 0. The molecule has 2 rings (SSSR count). The van der Waals surface area contributed by atoms with Crippen molar-refractivity contribution >= 4 is 81.2 Å². The van der Waals surface area contributed by atoms with Crippen molar-refractivity contribution in [2.75, 3.05) is 17.6 Å². The quantitative estimate of drug-likeness (QED) is 0.592. The predicted molar refractivity (Wildman–Crippen MR) is 78.5 cm³/mol. The van der Waals surface area contributed by atoms with Gasteiger partial charge in [-0.05, 0) is 0 Å². The van der Waals surface area contributed by atoms with Crippen molar-refractivity contribution in [1.29, 1.82) is 0 Å². The van der Waals surface area contributed by atoms with Crippen LogP contribution >= 0.6 is 81.2 Å². The molecule has 2 aliphatic rings. The van der Waals surface area contributed by atoms with Crippen LogP contribution < -0.4 is 0 Å². The first-order valence-electron chi connectivity index (χ1n) is 4.92. The minimum Gasteiger partial charge on any atom is -0.126 e. The summed E-state index contributed by atoms with van der Waals surface area (Å²) in [5.74, 6) is 0.431. The Kier molecular flexibility index (Phi) is 4.15. The molecule has 0 saturated heterocycles. The van der Waals surface area contributed by atoms with Crippen LogP contribution in [0.3, 0.4) is 0 Å². The van der Waals surface area contributed by atoms with Gasteiger partial charge in [-0.2, -0.15) is 0 Å². The van der Waals surface area contributed by atoms with Gasteiger partial charge in [0.15, 0.2) is 0 Å². The number of hydrogen-bond donors (Lipinski definition) is 0. The zero-order valence-corrected chi connectivity index (χ0v) is 13.8. The molecule has 0 aromatic heterocycles. The van der Waals surface area contributed by atoms with Gasteiger partial charge in [-0.25, -0.2) is 0 Å². The van der Waals surface area contributed by atoms with Crippen LogP contribution in [0.15, 0.2) is 11.1 Å². The van der Waals surface area contributed by atoms with Gasteiger partial charge in [0.25, 0.3) is 0 Å². The largest absolute Gasteiger partial charge is 0.146 e. The highest BCUT2D eigenvalue weighted by atomic mass is 35.5. The molecule has 1 fully saturated rings. The fourth-order valence-electron chi connectivity index (χ4n) is 3.01. The Morgan fingerprint density at radius 1 is 1.06 bits per heavy atom. The molecular weight excluding hydrogens is 368 g/mol. The maximum Gasteiger partial charge on any atom is 0.146 e. The van der Waals surface area contributed by atoms with Gasteiger partial charge in [0.1, 0.15) is 4.33 Å². The molecule has 7 heteroatoms. The van der Waals surface area contributed by atoms with Crippen LogP contribution in [0.2, 0.25) is 0 Å². The van der Waals surface area contributed by atoms with Crippen molar-refractivity contribution in [3.05, 3.63) is 11.1 Å². The van der Waals surface area contributed by atoms with Crippen molar-refractivity contribution < 1.29 is 0 Å². The standard InChI is InChI=1S/C10H9Cl7/c11-2-8(3-12)6-5(14)1-9(8,4-13)10(16,17)7(6)15/h1,6-7H,2-4H2/t6-,7-,9+/m1/s1. The first-order valence-corrected chi connectivity index (χ1v) is 8.10. The van der Waals surface area contributed by atoms with Crippen molar-refractivity contribution in [1.82, 2.24) is 0 Å². The fourth-order valence-corrected chi connectivity index (χ4v) is 6.83. The molecule has 0 heterocycles. The molecule has 0 spiro atoms. The molecule has 2 bridgehead atoms. The van der Waals surface area contributed by atoms with Gasteiger partial charge in [0, 0.05) is 39.4 Å². The van der Waals surface area contributed by atoms with Crippen molar-refractivity contribution in [2.45, 2.75) is 9.71 Å². The van der Waals surface area contributed by atoms with Gasteiger partial charge >= 0.3 is 0 Å². The molecule has 2 aliphatic carbocycles. The number of hydrogen-bond acceptors (Lipinski definition) is 0. The molecule has 1 saturated carbocycles. The minimum absolute atomic E-state index is 0.176. The number of rotatable bonds is 3. The Bertz CT molecular complexity index is 360. The molecule has 0 aromatic rings. The summed E-state index contributed by atoms with van der Waals surface area (Å²) >= 11 is 43.7. The zero-order chi connectivity index (χ0) is 13.1. The van der Waals surface area contributed by atoms with Crippen LogP contribution in [-0.4, -0.2) is 27.4 Å². The normalized spacial score (nSPS) is 41.7. The van der Waals surface area contributed by atoms with E-state index in [1.165, 1.54) is 0 Å². The van der Waals surface area contributed by atoms with E-state index < -0.39 is 20.5 Å². The Labute approximate surface area is 135 Å². The Hall–Kier alpha value is 1.77. The highest BCUT2D eigenvalue weighted by Gasteiger charge is 2.77. The molecule has 0 N–H and O–H groups in total. The Morgan fingerprint density at radius 2 is 1.59 bits per heavy atom. The van der Waals surface area contributed by atoms with Crippen molar-refractivity contribution in [2.24, 2.45) is 16.7 Å². The smallest absolute Gasteiger partial charge is 0.126 e. The second-order valence-electron chi connectivity index (χ2n) is 4.56. The van der Waals surface area contributed by atoms with E-state index in [4.69, 9.17) is 81.2 Å². The Morgan fingerprint density at radius 3 is 1.94 bits per heavy atom. The average molecular weight is 377 g/mol. The highest BCUT2D eigenvalue weighted by molar-refractivity contribution is 6.54. The molecule has 17 heavy (non-hydrogen) atoms. The summed E-state index contributed by atoms with van der Waals surface area (Å²) in [4.78, 5) is 0. The molecule has 0 aliphatic heterocycles. The molecular formula is C10H9Cl7. The first kappa shape index (κ1) is 15.2. The van der Waals surface area contributed by atoms with Gasteiger partial charge in [-0.1, -0.05) is 40.9 Å². The summed E-state index contributed by atoms with van der Waals surface area (Å²) in [7, 11) is 0. The molecule has 0 amide bonds. The lowest BCUT2D eigenvalue weighted by atomic mass is 9.69. The second-order valence-corrected chi connectivity index (χ2v) is 7.65. The van der Waals surface area contributed by atoms with E-state index in [0.29, 0.717) is 5.03 Å². The lowest BCUT2D eigenvalue weighted by Crippen LogP contribution is -2.49. The number of allylic oxidation sites excluding steroid dienone is 2. The van der Waals surface area contributed by atoms with Gasteiger partial charge in [-0.15, -0.1) is 46.4 Å². The van der Waals surface area contributed by atoms with Gasteiger partial charge in [0.2, 0.25) is 0 Å². The third-order valence-electron chi connectivity index (χ3n) is 4.09. The monoisotopic (exact) mass is 374 g/mol.